The number of nitrogens with one attached hydrogen (secondary N) is 1. The number of rotatable bonds is 5. The van der Waals surface area contributed by atoms with E-state index in [2.05, 4.69) is 5.32 Å². The molecule has 1 amide bonds. The lowest BCUT2D eigenvalue weighted by Crippen LogP contribution is -2.32. The monoisotopic (exact) mass is 249 g/mol. The first kappa shape index (κ1) is 12.4. The van der Waals surface area contributed by atoms with E-state index in [0.29, 0.717) is 11.5 Å². The lowest BCUT2D eigenvalue weighted by Gasteiger charge is -2.09. The molecule has 0 atom stereocenters. The van der Waals surface area contributed by atoms with Crippen molar-refractivity contribution >= 4 is 11.7 Å². The zero-order valence-corrected chi connectivity index (χ0v) is 10.4. The molecule has 18 heavy (non-hydrogen) atoms. The van der Waals surface area contributed by atoms with Gasteiger partial charge < -0.3 is 14.8 Å². The number of hydrogen-bond acceptors (Lipinski definition) is 4. The molecule has 96 valence electrons. The summed E-state index contributed by atoms with van der Waals surface area (Å²) in [6, 6.07) is 4.94. The second kappa shape index (κ2) is 5.08. The van der Waals surface area contributed by atoms with Crippen LogP contribution < -0.4 is 14.8 Å². The van der Waals surface area contributed by atoms with Crippen molar-refractivity contribution in [2.45, 2.75) is 18.9 Å². The zero-order chi connectivity index (χ0) is 13.1. The Bertz CT molecular complexity index is 480. The normalized spacial score (nSPS) is 13.9. The minimum Gasteiger partial charge on any atom is -0.497 e. The fourth-order valence-electron chi connectivity index (χ4n) is 1.59. The highest BCUT2D eigenvalue weighted by Gasteiger charge is 2.28. The summed E-state index contributed by atoms with van der Waals surface area (Å²) in [5.74, 6) is -0.313. The number of carbonyl (C=O) groups excluding carboxylic acids is 2. The van der Waals surface area contributed by atoms with Gasteiger partial charge in [-0.3, -0.25) is 9.59 Å². The third-order valence-electron chi connectivity index (χ3n) is 2.77. The molecule has 0 aliphatic heterocycles. The molecule has 1 saturated carbocycles. The van der Waals surface area contributed by atoms with Gasteiger partial charge in [0, 0.05) is 6.04 Å². The van der Waals surface area contributed by atoms with E-state index in [-0.39, 0.29) is 11.6 Å². The third kappa shape index (κ3) is 2.61. The summed E-state index contributed by atoms with van der Waals surface area (Å²) < 4.78 is 10.1. The lowest BCUT2D eigenvalue weighted by atomic mass is 10.1. The molecule has 1 N–H and O–H groups in total. The molecule has 1 aliphatic rings. The minimum atomic E-state index is -0.599. The predicted molar refractivity (Wildman–Crippen MR) is 65.0 cm³/mol. The fraction of sp³-hybridized carbons (Fsp3) is 0.385. The van der Waals surface area contributed by atoms with Crippen LogP contribution in [0.25, 0.3) is 0 Å². The average molecular weight is 249 g/mol. The van der Waals surface area contributed by atoms with E-state index in [9.17, 15) is 9.59 Å². The quantitative estimate of drug-likeness (QED) is 0.628. The second-order valence-corrected chi connectivity index (χ2v) is 4.14. The molecule has 1 fully saturated rings. The summed E-state index contributed by atoms with van der Waals surface area (Å²) in [4.78, 5) is 23.7. The minimum absolute atomic E-state index is 0.151. The first-order valence-electron chi connectivity index (χ1n) is 5.73. The molecular formula is C13H15NO4. The van der Waals surface area contributed by atoms with Crippen molar-refractivity contribution in [1.29, 1.82) is 0 Å². The SMILES string of the molecule is COc1ccc(OC)c(C(=O)C(=O)NC2CC2)c1. The molecule has 0 radical (unpaired) electrons. The van der Waals surface area contributed by atoms with Crippen molar-refractivity contribution in [2.75, 3.05) is 14.2 Å². The molecule has 0 unspecified atom stereocenters. The van der Waals surface area contributed by atoms with Crippen molar-refractivity contribution in [3.05, 3.63) is 23.8 Å². The fourth-order valence-corrected chi connectivity index (χ4v) is 1.59. The van der Waals surface area contributed by atoms with E-state index < -0.39 is 11.7 Å². The van der Waals surface area contributed by atoms with Crippen molar-refractivity contribution in [3.8, 4) is 11.5 Å². The predicted octanol–water partition coefficient (Wildman–Crippen LogP) is 1.17. The number of hydrogen-bond donors (Lipinski definition) is 1. The van der Waals surface area contributed by atoms with Crippen molar-refractivity contribution < 1.29 is 19.1 Å². The van der Waals surface area contributed by atoms with Gasteiger partial charge in [-0.15, -0.1) is 0 Å². The van der Waals surface area contributed by atoms with Crippen LogP contribution in [0.15, 0.2) is 18.2 Å². The van der Waals surface area contributed by atoms with Crippen LogP contribution in [0.1, 0.15) is 23.2 Å². The van der Waals surface area contributed by atoms with Crippen LogP contribution in [0.3, 0.4) is 0 Å². The van der Waals surface area contributed by atoms with Crippen molar-refractivity contribution in [2.24, 2.45) is 0 Å². The Kier molecular flexibility index (Phi) is 3.50. The molecule has 5 nitrogen and oxygen atoms in total. The van der Waals surface area contributed by atoms with Gasteiger partial charge in [0.2, 0.25) is 0 Å². The maximum absolute atomic E-state index is 12.0. The zero-order valence-electron chi connectivity index (χ0n) is 10.4. The van der Waals surface area contributed by atoms with Crippen LogP contribution in [-0.4, -0.2) is 32.0 Å². The maximum atomic E-state index is 12.0. The van der Waals surface area contributed by atoms with Crippen molar-refractivity contribution in [3.63, 3.8) is 0 Å². The first-order valence-corrected chi connectivity index (χ1v) is 5.73. The molecule has 0 aromatic heterocycles. The van der Waals surface area contributed by atoms with E-state index in [4.69, 9.17) is 9.47 Å². The molecule has 0 bridgehead atoms. The van der Waals surface area contributed by atoms with Gasteiger partial charge in [0.1, 0.15) is 11.5 Å². The summed E-state index contributed by atoms with van der Waals surface area (Å²) in [7, 11) is 2.96. The number of ketones is 1. The van der Waals surface area contributed by atoms with E-state index in [1.807, 2.05) is 0 Å². The van der Waals surface area contributed by atoms with Gasteiger partial charge in [0.05, 0.1) is 19.8 Å². The van der Waals surface area contributed by atoms with E-state index in [1.165, 1.54) is 20.3 Å². The van der Waals surface area contributed by atoms with E-state index in [1.54, 1.807) is 12.1 Å². The Hall–Kier alpha value is -2.04. The van der Waals surface area contributed by atoms with Crippen LogP contribution in [0, 0.1) is 0 Å². The van der Waals surface area contributed by atoms with Gasteiger partial charge in [-0.05, 0) is 31.0 Å². The number of ether oxygens (including phenoxy) is 2. The number of amides is 1. The van der Waals surface area contributed by atoms with Crippen LogP contribution in [0.5, 0.6) is 11.5 Å². The number of benzene rings is 1. The Labute approximate surface area is 105 Å². The topological polar surface area (TPSA) is 64.6 Å². The van der Waals surface area contributed by atoms with Gasteiger partial charge >= 0.3 is 0 Å². The molecule has 0 saturated heterocycles. The summed E-state index contributed by atoms with van der Waals surface area (Å²) in [6.07, 6.45) is 1.88. The second-order valence-electron chi connectivity index (χ2n) is 4.14. The van der Waals surface area contributed by atoms with Crippen LogP contribution in [0.2, 0.25) is 0 Å². The highest BCUT2D eigenvalue weighted by Crippen LogP contribution is 2.25. The van der Waals surface area contributed by atoms with Gasteiger partial charge in [-0.2, -0.15) is 0 Å². The molecule has 0 heterocycles. The maximum Gasteiger partial charge on any atom is 0.292 e. The Balaban J connectivity index is 2.23. The Morgan fingerprint density at radius 1 is 1.22 bits per heavy atom. The average Bonchev–Trinajstić information content (AvgIpc) is 3.20. The molecule has 0 spiro atoms. The van der Waals surface area contributed by atoms with Gasteiger partial charge in [-0.25, -0.2) is 0 Å². The smallest absolute Gasteiger partial charge is 0.292 e. The van der Waals surface area contributed by atoms with Crippen LogP contribution in [0.4, 0.5) is 0 Å². The Morgan fingerprint density at radius 2 is 1.94 bits per heavy atom. The number of methoxy groups -OCH3 is 2. The number of Topliss-reactive ketones (excluding diaryl/α,β-unsaturated/α-hetero) is 1. The largest absolute Gasteiger partial charge is 0.497 e. The molecular weight excluding hydrogens is 234 g/mol. The molecule has 2 rings (SSSR count). The lowest BCUT2D eigenvalue weighted by molar-refractivity contribution is -0.117. The third-order valence-corrected chi connectivity index (χ3v) is 2.77. The summed E-state index contributed by atoms with van der Waals surface area (Å²) in [6.45, 7) is 0. The Morgan fingerprint density at radius 3 is 2.50 bits per heavy atom. The van der Waals surface area contributed by atoms with Crippen molar-refractivity contribution in [1.82, 2.24) is 5.32 Å². The molecule has 1 aromatic rings. The van der Waals surface area contributed by atoms with Gasteiger partial charge in [0.25, 0.3) is 11.7 Å². The molecule has 5 heteroatoms. The van der Waals surface area contributed by atoms with E-state index in [0.717, 1.165) is 12.8 Å². The highest BCUT2D eigenvalue weighted by atomic mass is 16.5. The summed E-state index contributed by atoms with van der Waals surface area (Å²) in [5, 5.41) is 2.66. The van der Waals surface area contributed by atoms with Crippen LogP contribution >= 0.6 is 0 Å². The number of carbonyl (C=O) groups is 2. The van der Waals surface area contributed by atoms with Crippen LogP contribution in [-0.2, 0) is 4.79 Å². The standard InChI is InChI=1S/C13H15NO4/c1-17-9-5-6-11(18-2)10(7-9)12(15)13(16)14-8-3-4-8/h5-8H,3-4H2,1-2H3,(H,14,16). The first-order chi connectivity index (χ1) is 8.65. The van der Waals surface area contributed by atoms with Gasteiger partial charge in [-0.1, -0.05) is 0 Å². The van der Waals surface area contributed by atoms with Gasteiger partial charge in [0.15, 0.2) is 0 Å². The molecule has 1 aromatic carbocycles. The van der Waals surface area contributed by atoms with E-state index >= 15 is 0 Å². The summed E-state index contributed by atoms with van der Waals surface area (Å²) >= 11 is 0. The summed E-state index contributed by atoms with van der Waals surface area (Å²) in [5.41, 5.74) is 0.218. The molecule has 1 aliphatic carbocycles. The highest BCUT2D eigenvalue weighted by molar-refractivity contribution is 6.43.